The zero-order valence-electron chi connectivity index (χ0n) is 16.5. The second kappa shape index (κ2) is 10.4. The minimum Gasteiger partial charge on any atom is -0.476 e. The third-order valence-corrected chi connectivity index (χ3v) is 7.10. The van der Waals surface area contributed by atoms with Crippen LogP contribution in [-0.4, -0.2) is 38.3 Å². The lowest BCUT2D eigenvalue weighted by atomic mass is 9.90. The molecule has 3 unspecified atom stereocenters. The molecule has 1 saturated carbocycles. The van der Waals surface area contributed by atoms with Crippen molar-refractivity contribution < 1.29 is 19.8 Å². The van der Waals surface area contributed by atoms with Gasteiger partial charge in [0, 0.05) is 23.5 Å². The Morgan fingerprint density at radius 2 is 2.29 bits per heavy atom. The van der Waals surface area contributed by atoms with E-state index >= 15 is 0 Å². The van der Waals surface area contributed by atoms with Gasteiger partial charge in [0.1, 0.15) is 5.78 Å². The molecular formula is C21H29NO4S2. The molecule has 0 bridgehead atoms. The molecule has 0 radical (unpaired) electrons. The number of thiazole rings is 1. The van der Waals surface area contributed by atoms with Gasteiger partial charge in [0.2, 0.25) is 0 Å². The van der Waals surface area contributed by atoms with E-state index in [2.05, 4.69) is 17.6 Å². The monoisotopic (exact) mass is 423 g/mol. The third-order valence-electron chi connectivity index (χ3n) is 5.04. The summed E-state index contributed by atoms with van der Waals surface area (Å²) >= 11 is 2.83. The summed E-state index contributed by atoms with van der Waals surface area (Å²) in [5, 5.41) is 20.9. The number of aliphatic hydroxyl groups is 1. The maximum atomic E-state index is 12.3. The number of hydrogen-bond acceptors (Lipinski definition) is 6. The van der Waals surface area contributed by atoms with Gasteiger partial charge in [0.05, 0.1) is 5.60 Å². The molecule has 7 heteroatoms. The number of aromatic nitrogens is 1. The van der Waals surface area contributed by atoms with Crippen molar-refractivity contribution in [2.75, 3.05) is 5.75 Å². The normalized spacial score (nSPS) is 21.9. The summed E-state index contributed by atoms with van der Waals surface area (Å²) in [6.07, 6.45) is 8.40. The first-order valence-electron chi connectivity index (χ1n) is 9.56. The topological polar surface area (TPSA) is 87.5 Å². The van der Waals surface area contributed by atoms with Crippen molar-refractivity contribution in [3.8, 4) is 0 Å². The van der Waals surface area contributed by atoms with E-state index in [9.17, 15) is 14.7 Å². The molecule has 2 rings (SSSR count). The maximum absolute atomic E-state index is 12.3. The Hall–Kier alpha value is -1.44. The van der Waals surface area contributed by atoms with Gasteiger partial charge in [-0.25, -0.2) is 9.78 Å². The van der Waals surface area contributed by atoms with Crippen LogP contribution in [-0.2, 0) is 4.79 Å². The van der Waals surface area contributed by atoms with Gasteiger partial charge in [-0.3, -0.25) is 4.79 Å². The number of carboxylic acid groups (broad SMARTS) is 1. The Morgan fingerprint density at radius 3 is 2.93 bits per heavy atom. The van der Waals surface area contributed by atoms with Gasteiger partial charge >= 0.3 is 5.97 Å². The molecule has 1 aromatic rings. The van der Waals surface area contributed by atoms with Crippen molar-refractivity contribution in [1.82, 2.24) is 4.98 Å². The number of Topliss-reactive ketones (excluding diaryl/α,β-unsaturated/α-hetero) is 1. The molecule has 1 fully saturated rings. The molecule has 5 nitrogen and oxygen atoms in total. The Kier molecular flexibility index (Phi) is 8.46. The minimum absolute atomic E-state index is 0.00280. The molecule has 1 aliphatic rings. The number of carbonyl (C=O) groups excluding carboxylic acids is 1. The fraction of sp³-hybridized carbons (Fsp3) is 0.571. The highest BCUT2D eigenvalue weighted by Gasteiger charge is 2.32. The van der Waals surface area contributed by atoms with Crippen molar-refractivity contribution in [3.63, 3.8) is 0 Å². The molecule has 1 aliphatic carbocycles. The van der Waals surface area contributed by atoms with Crippen LogP contribution in [0.2, 0.25) is 0 Å². The summed E-state index contributed by atoms with van der Waals surface area (Å²) in [6, 6.07) is 0. The first kappa shape index (κ1) is 22.8. The standard InChI is InChI=1S/C21H29NO4S2/c1-14(2)8-11-21(3,26)10-4-5-15-6-7-18(23)16(15)9-12-27-20-22-17(13-28-20)19(24)25/h4-5,13,15-16,26H,1,6-12H2,2-3H3,(H,24,25). The Labute approximate surface area is 175 Å². The number of aromatic carboxylic acids is 1. The Bertz CT molecular complexity index is 739. The highest BCUT2D eigenvalue weighted by Crippen LogP contribution is 2.35. The summed E-state index contributed by atoms with van der Waals surface area (Å²) in [6.45, 7) is 7.68. The lowest BCUT2D eigenvalue weighted by molar-refractivity contribution is -0.121. The number of thioether (sulfide) groups is 1. The molecule has 1 aromatic heterocycles. The van der Waals surface area contributed by atoms with Gasteiger partial charge in [-0.2, -0.15) is 0 Å². The van der Waals surface area contributed by atoms with E-state index in [4.69, 9.17) is 5.11 Å². The van der Waals surface area contributed by atoms with Crippen molar-refractivity contribution >= 4 is 34.9 Å². The molecule has 154 valence electrons. The van der Waals surface area contributed by atoms with E-state index in [1.807, 2.05) is 19.9 Å². The molecule has 0 amide bonds. The van der Waals surface area contributed by atoms with Crippen LogP contribution < -0.4 is 0 Å². The number of rotatable bonds is 11. The van der Waals surface area contributed by atoms with E-state index in [1.54, 1.807) is 0 Å². The lowest BCUT2D eigenvalue weighted by Crippen LogP contribution is -2.23. The number of ketones is 1. The first-order valence-corrected chi connectivity index (χ1v) is 11.4. The van der Waals surface area contributed by atoms with E-state index in [0.29, 0.717) is 25.0 Å². The Morgan fingerprint density at radius 1 is 1.54 bits per heavy atom. The summed E-state index contributed by atoms with van der Waals surface area (Å²) in [4.78, 5) is 27.2. The molecular weight excluding hydrogens is 394 g/mol. The molecule has 2 N–H and O–H groups in total. The second-order valence-electron chi connectivity index (χ2n) is 7.80. The number of hydrogen-bond donors (Lipinski definition) is 2. The fourth-order valence-corrected chi connectivity index (χ4v) is 5.21. The third kappa shape index (κ3) is 7.18. The van der Waals surface area contributed by atoms with Crippen LogP contribution in [0.3, 0.4) is 0 Å². The molecule has 0 spiro atoms. The maximum Gasteiger partial charge on any atom is 0.355 e. The molecule has 3 atom stereocenters. The molecule has 0 aromatic carbocycles. The Balaban J connectivity index is 1.82. The number of carboxylic acids is 1. The predicted octanol–water partition coefficient (Wildman–Crippen LogP) is 4.97. The first-order chi connectivity index (χ1) is 13.2. The van der Waals surface area contributed by atoms with Crippen LogP contribution in [0.25, 0.3) is 0 Å². The van der Waals surface area contributed by atoms with Gasteiger partial charge in [-0.05, 0) is 51.9 Å². The van der Waals surface area contributed by atoms with Crippen molar-refractivity contribution in [2.45, 2.75) is 62.3 Å². The highest BCUT2D eigenvalue weighted by atomic mass is 32.2. The summed E-state index contributed by atoms with van der Waals surface area (Å²) in [5.74, 6) is 0.246. The largest absolute Gasteiger partial charge is 0.476 e. The average molecular weight is 424 g/mol. The van der Waals surface area contributed by atoms with Gasteiger partial charge in [0.25, 0.3) is 0 Å². The average Bonchev–Trinajstić information content (AvgIpc) is 3.22. The van der Waals surface area contributed by atoms with E-state index in [-0.39, 0.29) is 17.5 Å². The van der Waals surface area contributed by atoms with Gasteiger partial charge in [-0.1, -0.05) is 29.5 Å². The van der Waals surface area contributed by atoms with Crippen LogP contribution in [0.1, 0.15) is 62.9 Å². The number of allylic oxidation sites excluding steroid dienone is 2. The number of carbonyl (C=O) groups is 2. The fourth-order valence-electron chi connectivity index (χ4n) is 3.32. The molecule has 1 heterocycles. The summed E-state index contributed by atoms with van der Waals surface area (Å²) in [5.41, 5.74) is 0.388. The van der Waals surface area contributed by atoms with Crippen molar-refractivity contribution in [3.05, 3.63) is 35.4 Å². The molecule has 28 heavy (non-hydrogen) atoms. The SMILES string of the molecule is C=C(C)CCC(C)(O)CC=CC1CCC(=O)C1CCSc1nc(C(=O)O)cs1. The van der Waals surface area contributed by atoms with Crippen LogP contribution in [0, 0.1) is 11.8 Å². The predicted molar refractivity (Wildman–Crippen MR) is 114 cm³/mol. The van der Waals surface area contributed by atoms with Crippen LogP contribution in [0.4, 0.5) is 0 Å². The van der Waals surface area contributed by atoms with Gasteiger partial charge in [-0.15, -0.1) is 17.9 Å². The molecule has 0 aliphatic heterocycles. The molecule has 0 saturated heterocycles. The van der Waals surface area contributed by atoms with Crippen LogP contribution in [0.15, 0.2) is 34.0 Å². The smallest absolute Gasteiger partial charge is 0.355 e. The second-order valence-corrected chi connectivity index (χ2v) is 10.0. The van der Waals surface area contributed by atoms with Crippen LogP contribution in [0.5, 0.6) is 0 Å². The highest BCUT2D eigenvalue weighted by molar-refractivity contribution is 8.01. The number of nitrogens with zero attached hydrogens (tertiary/aromatic N) is 1. The summed E-state index contributed by atoms with van der Waals surface area (Å²) < 4.78 is 0.725. The minimum atomic E-state index is -1.02. The van der Waals surface area contributed by atoms with Crippen molar-refractivity contribution in [1.29, 1.82) is 0 Å². The van der Waals surface area contributed by atoms with E-state index < -0.39 is 11.6 Å². The van der Waals surface area contributed by atoms with Gasteiger partial charge in [0.15, 0.2) is 10.0 Å². The van der Waals surface area contributed by atoms with E-state index in [1.165, 1.54) is 28.5 Å². The summed E-state index contributed by atoms with van der Waals surface area (Å²) in [7, 11) is 0. The quantitative estimate of drug-likeness (QED) is 0.386. The zero-order chi connectivity index (χ0) is 20.7. The van der Waals surface area contributed by atoms with Gasteiger partial charge < -0.3 is 10.2 Å². The van der Waals surface area contributed by atoms with E-state index in [0.717, 1.165) is 34.9 Å². The van der Waals surface area contributed by atoms with Crippen molar-refractivity contribution in [2.24, 2.45) is 11.8 Å². The van der Waals surface area contributed by atoms with Crippen LogP contribution >= 0.6 is 23.1 Å². The zero-order valence-corrected chi connectivity index (χ0v) is 18.2. The lowest BCUT2D eigenvalue weighted by Gasteiger charge is -2.22.